The first-order chi connectivity index (χ1) is 11.9. The Kier molecular flexibility index (Phi) is 4.65. The number of rotatable bonds is 4. The minimum Gasteiger partial charge on any atom is -0.479 e. The molecule has 0 unspecified atom stereocenters. The van der Waals surface area contributed by atoms with Crippen LogP contribution in [0.1, 0.15) is 27.6 Å². The number of carbonyl (C=O) groups excluding carboxylic acids is 3. The number of amides is 3. The number of fused-ring (bicyclic) bond motifs is 1. The second kappa shape index (κ2) is 6.74. The van der Waals surface area contributed by atoms with E-state index in [1.54, 1.807) is 18.2 Å². The number of carbonyl (C=O) groups is 3. The Hall–Kier alpha value is -2.57. The molecule has 1 heterocycles. The summed E-state index contributed by atoms with van der Waals surface area (Å²) < 4.78 is 5.47. The number of nitrogens with one attached hydrogen (secondary N) is 1. The van der Waals surface area contributed by atoms with Crippen molar-refractivity contribution in [1.29, 1.82) is 0 Å². The highest BCUT2D eigenvalue weighted by Crippen LogP contribution is 2.28. The van der Waals surface area contributed by atoms with Crippen molar-refractivity contribution >= 4 is 40.9 Å². The number of ether oxygens (including phenoxy) is 1. The molecule has 3 rings (SSSR count). The molecule has 0 bridgehead atoms. The topological polar surface area (TPSA) is 75.7 Å². The standard InChI is InChI=1S/C17H12Cl2N2O4/c1-9(25-14-7-6-10(18)8-13(14)19)15(22)20-21-16(23)11-4-2-3-5-12(11)17(21)24/h2-9H,1H3,(H,20,22)/t9-/m0/s1. The van der Waals surface area contributed by atoms with Gasteiger partial charge in [0, 0.05) is 5.02 Å². The summed E-state index contributed by atoms with van der Waals surface area (Å²) in [5.41, 5.74) is 2.75. The fraction of sp³-hybridized carbons (Fsp3) is 0.118. The van der Waals surface area contributed by atoms with Gasteiger partial charge >= 0.3 is 0 Å². The lowest BCUT2D eigenvalue weighted by molar-refractivity contribution is -0.130. The van der Waals surface area contributed by atoms with Gasteiger partial charge in [-0.2, -0.15) is 5.01 Å². The van der Waals surface area contributed by atoms with E-state index in [0.717, 1.165) is 0 Å². The van der Waals surface area contributed by atoms with Crippen LogP contribution in [0.25, 0.3) is 0 Å². The van der Waals surface area contributed by atoms with Crippen LogP contribution < -0.4 is 10.2 Å². The van der Waals surface area contributed by atoms with Crippen molar-refractivity contribution in [3.05, 3.63) is 63.6 Å². The Labute approximate surface area is 153 Å². The number of nitrogens with zero attached hydrogens (tertiary/aromatic N) is 1. The van der Waals surface area contributed by atoms with Gasteiger partial charge in [-0.3, -0.25) is 19.8 Å². The van der Waals surface area contributed by atoms with Crippen LogP contribution in [0.5, 0.6) is 5.75 Å². The molecule has 128 valence electrons. The van der Waals surface area contributed by atoms with E-state index in [1.165, 1.54) is 31.2 Å². The monoisotopic (exact) mass is 378 g/mol. The van der Waals surface area contributed by atoms with Gasteiger partial charge in [0.05, 0.1) is 16.1 Å². The summed E-state index contributed by atoms with van der Waals surface area (Å²) in [6, 6.07) is 10.9. The van der Waals surface area contributed by atoms with Crippen molar-refractivity contribution < 1.29 is 19.1 Å². The first-order valence-corrected chi connectivity index (χ1v) is 8.04. The van der Waals surface area contributed by atoms with E-state index < -0.39 is 23.8 Å². The van der Waals surface area contributed by atoms with Gasteiger partial charge in [0.15, 0.2) is 6.10 Å². The maximum absolute atomic E-state index is 12.3. The molecule has 1 N–H and O–H groups in total. The lowest BCUT2D eigenvalue weighted by Gasteiger charge is -2.19. The highest BCUT2D eigenvalue weighted by atomic mass is 35.5. The zero-order valence-electron chi connectivity index (χ0n) is 13.0. The average Bonchev–Trinajstić information content (AvgIpc) is 2.82. The summed E-state index contributed by atoms with van der Waals surface area (Å²) in [5.74, 6) is -1.59. The number of halogens is 2. The summed E-state index contributed by atoms with van der Waals surface area (Å²) in [7, 11) is 0. The van der Waals surface area contributed by atoms with Crippen LogP contribution in [0.3, 0.4) is 0 Å². The van der Waals surface area contributed by atoms with Crippen LogP contribution >= 0.6 is 23.2 Å². The third-order valence-electron chi connectivity index (χ3n) is 3.58. The van der Waals surface area contributed by atoms with Crippen LogP contribution in [-0.2, 0) is 4.79 Å². The van der Waals surface area contributed by atoms with Crippen LogP contribution in [-0.4, -0.2) is 28.8 Å². The summed E-state index contributed by atoms with van der Waals surface area (Å²) in [6.45, 7) is 1.47. The molecule has 0 aliphatic carbocycles. The van der Waals surface area contributed by atoms with E-state index in [9.17, 15) is 14.4 Å². The van der Waals surface area contributed by atoms with Gasteiger partial charge in [0.2, 0.25) is 0 Å². The second-order valence-electron chi connectivity index (χ2n) is 5.30. The molecule has 0 aromatic heterocycles. The number of imide groups is 1. The largest absolute Gasteiger partial charge is 0.479 e. The molecule has 1 aliphatic rings. The minimum atomic E-state index is -0.997. The third-order valence-corrected chi connectivity index (χ3v) is 4.11. The fourth-order valence-corrected chi connectivity index (χ4v) is 2.76. The predicted octanol–water partition coefficient (Wildman–Crippen LogP) is 3.09. The molecule has 2 aromatic rings. The SMILES string of the molecule is C[C@H](Oc1ccc(Cl)cc1Cl)C(=O)NN1C(=O)c2ccccc2C1=O. The number of benzene rings is 2. The minimum absolute atomic E-state index is 0.238. The zero-order chi connectivity index (χ0) is 18.1. The smallest absolute Gasteiger partial charge is 0.280 e. The van der Waals surface area contributed by atoms with E-state index in [0.29, 0.717) is 10.0 Å². The van der Waals surface area contributed by atoms with Crippen LogP contribution in [0.2, 0.25) is 10.0 Å². The maximum atomic E-state index is 12.3. The molecule has 0 saturated heterocycles. The molecule has 3 amide bonds. The van der Waals surface area contributed by atoms with E-state index in [2.05, 4.69) is 5.43 Å². The van der Waals surface area contributed by atoms with Crippen LogP contribution in [0, 0.1) is 0 Å². The number of hydrazine groups is 1. The fourth-order valence-electron chi connectivity index (χ4n) is 2.31. The van der Waals surface area contributed by atoms with Crippen molar-refractivity contribution in [3.8, 4) is 5.75 Å². The van der Waals surface area contributed by atoms with Gasteiger partial charge in [-0.05, 0) is 37.3 Å². The van der Waals surface area contributed by atoms with E-state index in [-0.39, 0.29) is 21.9 Å². The van der Waals surface area contributed by atoms with Gasteiger partial charge in [-0.1, -0.05) is 35.3 Å². The second-order valence-corrected chi connectivity index (χ2v) is 6.15. The summed E-state index contributed by atoms with van der Waals surface area (Å²) in [4.78, 5) is 36.7. The highest BCUT2D eigenvalue weighted by molar-refractivity contribution is 6.35. The Morgan fingerprint density at radius 2 is 1.68 bits per heavy atom. The van der Waals surface area contributed by atoms with Gasteiger partial charge in [0.25, 0.3) is 17.7 Å². The average molecular weight is 379 g/mol. The van der Waals surface area contributed by atoms with Gasteiger partial charge in [-0.15, -0.1) is 0 Å². The lowest BCUT2D eigenvalue weighted by Crippen LogP contribution is -2.50. The molecule has 8 heteroatoms. The van der Waals surface area contributed by atoms with Crippen LogP contribution in [0.15, 0.2) is 42.5 Å². The van der Waals surface area contributed by atoms with Crippen molar-refractivity contribution in [3.63, 3.8) is 0 Å². The Balaban J connectivity index is 1.70. The van der Waals surface area contributed by atoms with Crippen LogP contribution in [0.4, 0.5) is 0 Å². The molecule has 25 heavy (non-hydrogen) atoms. The molecular formula is C17H12Cl2N2O4. The number of hydrogen-bond donors (Lipinski definition) is 1. The highest BCUT2D eigenvalue weighted by Gasteiger charge is 2.37. The van der Waals surface area contributed by atoms with Gasteiger partial charge in [-0.25, -0.2) is 0 Å². The Morgan fingerprint density at radius 3 is 2.24 bits per heavy atom. The molecule has 2 aromatic carbocycles. The van der Waals surface area contributed by atoms with Crippen molar-refractivity contribution in [2.75, 3.05) is 0 Å². The van der Waals surface area contributed by atoms with Crippen molar-refractivity contribution in [2.45, 2.75) is 13.0 Å². The molecule has 0 saturated carbocycles. The molecule has 1 aliphatic heterocycles. The molecule has 0 fully saturated rings. The predicted molar refractivity (Wildman–Crippen MR) is 91.6 cm³/mol. The molecule has 0 radical (unpaired) electrons. The summed E-state index contributed by atoms with van der Waals surface area (Å²) in [5, 5.41) is 1.35. The normalized spacial score (nSPS) is 14.3. The lowest BCUT2D eigenvalue weighted by atomic mass is 10.1. The van der Waals surface area contributed by atoms with Gasteiger partial charge < -0.3 is 4.74 Å². The van der Waals surface area contributed by atoms with Crippen molar-refractivity contribution in [1.82, 2.24) is 10.4 Å². The third kappa shape index (κ3) is 3.31. The van der Waals surface area contributed by atoms with Gasteiger partial charge in [0.1, 0.15) is 5.75 Å². The van der Waals surface area contributed by atoms with Crippen molar-refractivity contribution in [2.24, 2.45) is 0 Å². The Morgan fingerprint density at radius 1 is 1.08 bits per heavy atom. The Bertz CT molecular complexity index is 850. The summed E-state index contributed by atoms with van der Waals surface area (Å²) >= 11 is 11.8. The molecular weight excluding hydrogens is 367 g/mol. The van der Waals surface area contributed by atoms with E-state index >= 15 is 0 Å². The van der Waals surface area contributed by atoms with E-state index in [1.807, 2.05) is 0 Å². The summed E-state index contributed by atoms with van der Waals surface area (Å²) in [6.07, 6.45) is -0.997. The molecule has 0 spiro atoms. The number of hydrogen-bond acceptors (Lipinski definition) is 4. The molecule has 1 atom stereocenters. The molecule has 6 nitrogen and oxygen atoms in total. The quantitative estimate of drug-likeness (QED) is 0.829. The first-order valence-electron chi connectivity index (χ1n) is 7.28. The maximum Gasteiger partial charge on any atom is 0.280 e. The first kappa shape index (κ1) is 17.3. The van der Waals surface area contributed by atoms with E-state index in [4.69, 9.17) is 27.9 Å². The zero-order valence-corrected chi connectivity index (χ0v) is 14.5.